The van der Waals surface area contributed by atoms with E-state index >= 15 is 0 Å². The Bertz CT molecular complexity index is 381. The second-order valence-electron chi connectivity index (χ2n) is 4.18. The summed E-state index contributed by atoms with van der Waals surface area (Å²) in [4.78, 5) is 11.6. The molecule has 94 valence electrons. The first-order valence-electron chi connectivity index (χ1n) is 5.53. The molecule has 0 amide bonds. The minimum Gasteiger partial charge on any atom is -0.508 e. The van der Waals surface area contributed by atoms with Crippen molar-refractivity contribution in [3.05, 3.63) is 29.8 Å². The molecule has 0 saturated carbocycles. The van der Waals surface area contributed by atoms with Crippen LogP contribution in [-0.4, -0.2) is 23.3 Å². The summed E-state index contributed by atoms with van der Waals surface area (Å²) in [5.41, 5.74) is -0.734. The monoisotopic (exact) mass is 238 g/mol. The van der Waals surface area contributed by atoms with Crippen molar-refractivity contribution in [1.82, 2.24) is 0 Å². The molecule has 0 radical (unpaired) electrons. The second-order valence-corrected chi connectivity index (χ2v) is 4.18. The smallest absolute Gasteiger partial charge is 0.311 e. The van der Waals surface area contributed by atoms with Gasteiger partial charge in [-0.15, -0.1) is 0 Å². The number of hydrogen-bond donors (Lipinski definition) is 2. The number of phenols is 1. The molecule has 0 aliphatic carbocycles. The zero-order valence-electron chi connectivity index (χ0n) is 10.3. The van der Waals surface area contributed by atoms with Gasteiger partial charge in [0.05, 0.1) is 13.0 Å². The molecule has 1 aromatic rings. The molecule has 2 N–H and O–H groups in total. The van der Waals surface area contributed by atoms with E-state index in [2.05, 4.69) is 4.74 Å². The van der Waals surface area contributed by atoms with Crippen LogP contribution in [0.2, 0.25) is 0 Å². The van der Waals surface area contributed by atoms with E-state index in [1.165, 1.54) is 19.2 Å². The number of esters is 1. The summed E-state index contributed by atoms with van der Waals surface area (Å²) in [5, 5.41) is 19.7. The zero-order valence-corrected chi connectivity index (χ0v) is 10.3. The Labute approximate surface area is 101 Å². The highest BCUT2D eigenvalue weighted by molar-refractivity contribution is 5.74. The fourth-order valence-electron chi connectivity index (χ4n) is 1.94. The van der Waals surface area contributed by atoms with Gasteiger partial charge in [0.2, 0.25) is 0 Å². The van der Waals surface area contributed by atoms with Gasteiger partial charge in [-0.1, -0.05) is 19.1 Å². The lowest BCUT2D eigenvalue weighted by Crippen LogP contribution is -2.37. The molecule has 1 aromatic carbocycles. The van der Waals surface area contributed by atoms with Gasteiger partial charge in [0.1, 0.15) is 11.4 Å². The van der Waals surface area contributed by atoms with Crippen molar-refractivity contribution in [1.29, 1.82) is 0 Å². The molecule has 0 spiro atoms. The number of rotatable bonds is 4. The summed E-state index contributed by atoms with van der Waals surface area (Å²) in [6.07, 6.45) is 0.473. The molecule has 1 rings (SSSR count). The van der Waals surface area contributed by atoms with Crippen LogP contribution in [-0.2, 0) is 15.1 Å². The molecule has 2 atom stereocenters. The van der Waals surface area contributed by atoms with Crippen molar-refractivity contribution in [3.63, 3.8) is 0 Å². The van der Waals surface area contributed by atoms with E-state index in [1.54, 1.807) is 19.1 Å². The molecule has 0 fully saturated rings. The fraction of sp³-hybridized carbons (Fsp3) is 0.462. The van der Waals surface area contributed by atoms with Crippen LogP contribution >= 0.6 is 0 Å². The van der Waals surface area contributed by atoms with Crippen LogP contribution < -0.4 is 0 Å². The van der Waals surface area contributed by atoms with Crippen LogP contribution in [0.3, 0.4) is 0 Å². The van der Waals surface area contributed by atoms with Crippen molar-refractivity contribution in [3.8, 4) is 5.75 Å². The number of hydrogen-bond acceptors (Lipinski definition) is 4. The van der Waals surface area contributed by atoms with Gasteiger partial charge in [0.15, 0.2) is 0 Å². The van der Waals surface area contributed by atoms with E-state index in [1.807, 2.05) is 6.92 Å². The van der Waals surface area contributed by atoms with Crippen molar-refractivity contribution >= 4 is 5.97 Å². The third-order valence-corrected chi connectivity index (χ3v) is 3.02. The van der Waals surface area contributed by atoms with Gasteiger partial charge in [-0.25, -0.2) is 0 Å². The van der Waals surface area contributed by atoms with Crippen molar-refractivity contribution in [2.45, 2.75) is 25.9 Å². The van der Waals surface area contributed by atoms with Gasteiger partial charge in [-0.3, -0.25) is 4.79 Å². The summed E-state index contributed by atoms with van der Waals surface area (Å²) >= 11 is 0. The molecule has 4 nitrogen and oxygen atoms in total. The van der Waals surface area contributed by atoms with Gasteiger partial charge >= 0.3 is 5.97 Å². The van der Waals surface area contributed by atoms with E-state index in [4.69, 9.17) is 0 Å². The second kappa shape index (κ2) is 5.19. The Morgan fingerprint density at radius 3 is 2.35 bits per heavy atom. The lowest BCUT2D eigenvalue weighted by Gasteiger charge is -2.30. The van der Waals surface area contributed by atoms with Crippen LogP contribution in [0.15, 0.2) is 24.3 Å². The van der Waals surface area contributed by atoms with Crippen molar-refractivity contribution < 1.29 is 19.7 Å². The van der Waals surface area contributed by atoms with Crippen LogP contribution in [0.1, 0.15) is 25.8 Å². The lowest BCUT2D eigenvalue weighted by atomic mass is 9.81. The minimum absolute atomic E-state index is 0.121. The number of aromatic hydroxyl groups is 1. The molecule has 0 bridgehead atoms. The highest BCUT2D eigenvalue weighted by Gasteiger charge is 2.38. The summed E-state index contributed by atoms with van der Waals surface area (Å²) in [5.74, 6) is -0.946. The molecular weight excluding hydrogens is 220 g/mol. The van der Waals surface area contributed by atoms with Gasteiger partial charge in [-0.2, -0.15) is 0 Å². The molecule has 0 heterocycles. The summed E-state index contributed by atoms with van der Waals surface area (Å²) in [6, 6.07) is 6.16. The number of methoxy groups -OCH3 is 1. The van der Waals surface area contributed by atoms with E-state index in [-0.39, 0.29) is 5.75 Å². The van der Waals surface area contributed by atoms with E-state index in [9.17, 15) is 15.0 Å². The first-order valence-corrected chi connectivity index (χ1v) is 5.53. The molecular formula is C13H18O4. The maximum Gasteiger partial charge on any atom is 0.311 e. The first-order chi connectivity index (χ1) is 7.93. The maximum absolute atomic E-state index is 11.6. The van der Waals surface area contributed by atoms with Gasteiger partial charge < -0.3 is 14.9 Å². The zero-order chi connectivity index (χ0) is 13.1. The molecule has 2 unspecified atom stereocenters. The van der Waals surface area contributed by atoms with Crippen LogP contribution in [0.5, 0.6) is 5.75 Å². The topological polar surface area (TPSA) is 66.8 Å². The summed E-state index contributed by atoms with van der Waals surface area (Å²) in [7, 11) is 1.30. The minimum atomic E-state index is -1.31. The standard InChI is InChI=1S/C13H18O4/c1-4-11(12(15)17-3)13(2,16)9-5-7-10(14)8-6-9/h5-8,11,14,16H,4H2,1-3H3. The Kier molecular flexibility index (Phi) is 4.12. The quantitative estimate of drug-likeness (QED) is 0.785. The van der Waals surface area contributed by atoms with Gasteiger partial charge in [0.25, 0.3) is 0 Å². The van der Waals surface area contributed by atoms with Gasteiger partial charge in [-0.05, 0) is 31.0 Å². The van der Waals surface area contributed by atoms with Crippen molar-refractivity contribution in [2.24, 2.45) is 5.92 Å². The Morgan fingerprint density at radius 2 is 1.94 bits per heavy atom. The fourth-order valence-corrected chi connectivity index (χ4v) is 1.94. The maximum atomic E-state index is 11.6. The molecule has 0 aromatic heterocycles. The summed E-state index contributed by atoms with van der Waals surface area (Å²) < 4.78 is 4.69. The third kappa shape index (κ3) is 2.77. The van der Waals surface area contributed by atoms with Crippen LogP contribution in [0, 0.1) is 5.92 Å². The normalized spacial score (nSPS) is 16.0. The number of phenolic OH excluding ortho intramolecular Hbond substituents is 1. The Morgan fingerprint density at radius 1 is 1.41 bits per heavy atom. The molecule has 17 heavy (non-hydrogen) atoms. The Balaban J connectivity index is 3.07. The average molecular weight is 238 g/mol. The SMILES string of the molecule is CCC(C(=O)OC)C(C)(O)c1ccc(O)cc1. The number of aliphatic hydroxyl groups is 1. The van der Waals surface area contributed by atoms with Crippen LogP contribution in [0.4, 0.5) is 0 Å². The predicted octanol–water partition coefficient (Wildman–Crippen LogP) is 1.80. The van der Waals surface area contributed by atoms with E-state index < -0.39 is 17.5 Å². The third-order valence-electron chi connectivity index (χ3n) is 3.02. The highest BCUT2D eigenvalue weighted by atomic mass is 16.5. The number of carbonyl (C=O) groups excluding carboxylic acids is 1. The highest BCUT2D eigenvalue weighted by Crippen LogP contribution is 2.33. The van der Waals surface area contributed by atoms with Gasteiger partial charge in [0, 0.05) is 0 Å². The number of benzene rings is 1. The first kappa shape index (κ1) is 13.5. The van der Waals surface area contributed by atoms with Crippen molar-refractivity contribution in [2.75, 3.05) is 7.11 Å². The summed E-state index contributed by atoms with van der Waals surface area (Å²) in [6.45, 7) is 3.39. The molecule has 0 aliphatic heterocycles. The Hall–Kier alpha value is -1.55. The number of carbonyl (C=O) groups is 1. The largest absolute Gasteiger partial charge is 0.508 e. The predicted molar refractivity (Wildman–Crippen MR) is 63.5 cm³/mol. The van der Waals surface area contributed by atoms with Crippen LogP contribution in [0.25, 0.3) is 0 Å². The molecule has 0 saturated heterocycles. The van der Waals surface area contributed by atoms with E-state index in [0.29, 0.717) is 12.0 Å². The van der Waals surface area contributed by atoms with E-state index in [0.717, 1.165) is 0 Å². The lowest BCUT2D eigenvalue weighted by molar-refractivity contribution is -0.155. The molecule has 0 aliphatic rings. The molecule has 4 heteroatoms. The number of ether oxygens (including phenoxy) is 1. The average Bonchev–Trinajstić information content (AvgIpc) is 2.29.